The van der Waals surface area contributed by atoms with Gasteiger partial charge in [-0.2, -0.15) is 0 Å². The molecule has 416 valence electrons. The molecule has 0 aliphatic carbocycles. The van der Waals surface area contributed by atoms with Crippen molar-refractivity contribution in [3.05, 3.63) is 88.9 Å². The highest BCUT2D eigenvalue weighted by atomic mass is 32.1. The third-order valence-electron chi connectivity index (χ3n) is 15.8. The molecule has 2 amide bonds. The summed E-state index contributed by atoms with van der Waals surface area (Å²) in [6, 6.07) is 17.7. The van der Waals surface area contributed by atoms with Crippen LogP contribution in [0.1, 0.15) is 262 Å². The number of hydrogen-bond donors (Lipinski definition) is 1. The van der Waals surface area contributed by atoms with Crippen LogP contribution in [0.25, 0.3) is 33.3 Å². The Labute approximate surface area is 473 Å². The van der Waals surface area contributed by atoms with Gasteiger partial charge >= 0.3 is 0 Å². The SMILES string of the molecule is CCCCCCCCCCC(CCCCCCCC)CN1C(=O)C2=C(c3ccc(-c4ccc(/C=C/c5ccc(C)s5)s4)s3)N(CC(CCCCCCCC)CCCCCCCCCC)C(=O)C2=C1c1ccc(C)s1.N. The highest BCUT2D eigenvalue weighted by Gasteiger charge is 2.50. The van der Waals surface area contributed by atoms with E-state index in [-0.39, 0.29) is 18.0 Å². The molecular weight excluding hydrogens is 995 g/mol. The van der Waals surface area contributed by atoms with Gasteiger partial charge < -0.3 is 16.0 Å². The number of carbonyl (C=O) groups is 2. The van der Waals surface area contributed by atoms with Crippen molar-refractivity contribution < 1.29 is 9.59 Å². The fourth-order valence-electron chi connectivity index (χ4n) is 11.4. The third kappa shape index (κ3) is 20.0. The number of fused-ring (bicyclic) bond motifs is 1. The van der Waals surface area contributed by atoms with E-state index < -0.39 is 0 Å². The molecule has 2 aliphatic heterocycles. The van der Waals surface area contributed by atoms with Crippen molar-refractivity contribution in [3.8, 4) is 9.75 Å². The number of hydrogen-bond acceptors (Lipinski definition) is 7. The monoisotopic (exact) mass is 1100 g/mol. The van der Waals surface area contributed by atoms with E-state index in [9.17, 15) is 0 Å². The molecule has 5 nitrogen and oxygen atoms in total. The Bertz CT molecular complexity index is 2340. The largest absolute Gasteiger partial charge is 0.344 e. The maximum absolute atomic E-state index is 15.8. The summed E-state index contributed by atoms with van der Waals surface area (Å²) in [5, 5.41) is 0. The van der Waals surface area contributed by atoms with E-state index in [4.69, 9.17) is 0 Å². The first-order chi connectivity index (χ1) is 36.3. The lowest BCUT2D eigenvalue weighted by atomic mass is 9.93. The van der Waals surface area contributed by atoms with E-state index in [1.807, 2.05) is 22.7 Å². The zero-order valence-corrected chi connectivity index (χ0v) is 51.3. The smallest absolute Gasteiger partial charge is 0.261 e. The number of thiophene rings is 4. The summed E-state index contributed by atoms with van der Waals surface area (Å²) in [6.45, 7) is 14.9. The molecule has 4 aromatic heterocycles. The molecular formula is C66H101N3O2S4. The fourth-order valence-corrected chi connectivity index (χ4v) is 15.2. The van der Waals surface area contributed by atoms with Crippen molar-refractivity contribution in [2.45, 2.75) is 247 Å². The van der Waals surface area contributed by atoms with E-state index in [0.29, 0.717) is 36.1 Å². The minimum absolute atomic E-state index is 0. The van der Waals surface area contributed by atoms with Crippen LogP contribution in [0.15, 0.2) is 59.7 Å². The second-order valence-corrected chi connectivity index (χ2v) is 27.0. The van der Waals surface area contributed by atoms with Crippen LogP contribution >= 0.6 is 45.3 Å². The van der Waals surface area contributed by atoms with Crippen LogP contribution < -0.4 is 6.15 Å². The zero-order valence-electron chi connectivity index (χ0n) is 48.0. The van der Waals surface area contributed by atoms with Crippen molar-refractivity contribution in [3.63, 3.8) is 0 Å². The molecule has 0 spiro atoms. The number of rotatable bonds is 41. The summed E-state index contributed by atoms with van der Waals surface area (Å²) in [5.41, 5.74) is 3.11. The van der Waals surface area contributed by atoms with Crippen LogP contribution in [-0.2, 0) is 9.59 Å². The van der Waals surface area contributed by atoms with Gasteiger partial charge in [0.2, 0.25) is 0 Å². The minimum atomic E-state index is 0. The van der Waals surface area contributed by atoms with Gasteiger partial charge in [-0.05, 0) is 112 Å². The summed E-state index contributed by atoms with van der Waals surface area (Å²) in [6.07, 6.45) is 45.2. The lowest BCUT2D eigenvalue weighted by Gasteiger charge is -2.29. The Morgan fingerprint density at radius 3 is 1.07 bits per heavy atom. The van der Waals surface area contributed by atoms with Crippen LogP contribution in [0.4, 0.5) is 0 Å². The summed E-state index contributed by atoms with van der Waals surface area (Å²) in [5.74, 6) is 0.899. The molecule has 0 saturated heterocycles. The number of amides is 2. The van der Waals surface area contributed by atoms with Crippen LogP contribution in [0.3, 0.4) is 0 Å². The number of nitrogens with zero attached hydrogens (tertiary/aromatic N) is 2. The predicted octanol–water partition coefficient (Wildman–Crippen LogP) is 22.2. The number of aryl methyl sites for hydroxylation is 2. The van der Waals surface area contributed by atoms with Crippen molar-refractivity contribution in [1.82, 2.24) is 16.0 Å². The van der Waals surface area contributed by atoms with E-state index in [1.54, 1.807) is 22.7 Å². The standard InChI is InChI=1S/C66H98N2O2S4.H3N/c1-7-11-15-19-23-25-29-33-37-53(35-31-27-21-17-13-9-3)49-67-63(59-45-40-52(6)72-59)61-62(66(67)70)64(60-48-47-58(74-60)57-46-44-56(73-57)43-42-55-41-39-51(5)71-55)68(65(61)69)50-54(36-32-28-22-18-14-10-4)38-34-30-26-24-20-16-12-8-2;/h39-48,53-54H,7-38,49-50H2,1-6H3;1H3/b43-42+;. The topological polar surface area (TPSA) is 75.6 Å². The van der Waals surface area contributed by atoms with Gasteiger partial charge in [-0.15, -0.1) is 45.3 Å². The normalized spacial score (nSPS) is 14.6. The van der Waals surface area contributed by atoms with Crippen LogP contribution in [0.2, 0.25) is 0 Å². The van der Waals surface area contributed by atoms with Crippen LogP contribution in [0.5, 0.6) is 0 Å². The number of unbranched alkanes of at least 4 members (excludes halogenated alkanes) is 24. The first-order valence-corrected chi connectivity index (χ1v) is 33.7. The Kier molecular flexibility index (Phi) is 29.6. The van der Waals surface area contributed by atoms with E-state index >= 15 is 9.59 Å². The fraction of sp³-hybridized carbons (Fsp3) is 0.636. The summed E-state index contributed by atoms with van der Waals surface area (Å²) in [7, 11) is 0. The summed E-state index contributed by atoms with van der Waals surface area (Å²) >= 11 is 7.14. The summed E-state index contributed by atoms with van der Waals surface area (Å²) in [4.78, 5) is 45.4. The van der Waals surface area contributed by atoms with Gasteiger partial charge in [0.25, 0.3) is 11.8 Å². The molecule has 2 unspecified atom stereocenters. The van der Waals surface area contributed by atoms with Gasteiger partial charge in [0, 0.05) is 42.4 Å². The van der Waals surface area contributed by atoms with Gasteiger partial charge in [-0.1, -0.05) is 207 Å². The average Bonchev–Trinajstić information content (AvgIpc) is 4.28. The maximum Gasteiger partial charge on any atom is 0.261 e. The Morgan fingerprint density at radius 1 is 0.373 bits per heavy atom. The molecule has 0 saturated carbocycles. The molecule has 0 fully saturated rings. The number of carbonyl (C=O) groups excluding carboxylic acids is 2. The van der Waals surface area contributed by atoms with Gasteiger partial charge in [0.05, 0.1) is 32.3 Å². The molecule has 75 heavy (non-hydrogen) atoms. The molecule has 0 aromatic carbocycles. The molecule has 4 aromatic rings. The van der Waals surface area contributed by atoms with Crippen molar-refractivity contribution >= 4 is 80.7 Å². The maximum atomic E-state index is 15.8. The molecule has 0 bridgehead atoms. The van der Waals surface area contributed by atoms with Crippen LogP contribution in [0, 0.1) is 25.7 Å². The second-order valence-electron chi connectivity index (χ2n) is 22.2. The zero-order chi connectivity index (χ0) is 52.3. The second kappa shape index (κ2) is 35.4. The summed E-state index contributed by atoms with van der Waals surface area (Å²) < 4.78 is 0. The molecule has 3 N–H and O–H groups in total. The van der Waals surface area contributed by atoms with Crippen molar-refractivity contribution in [1.29, 1.82) is 0 Å². The lowest BCUT2D eigenvalue weighted by molar-refractivity contribution is -0.124. The van der Waals surface area contributed by atoms with Crippen molar-refractivity contribution in [2.75, 3.05) is 13.1 Å². The Morgan fingerprint density at radius 2 is 0.680 bits per heavy atom. The molecule has 2 aliphatic rings. The molecule has 2 atom stereocenters. The van der Waals surface area contributed by atoms with Gasteiger partial charge in [-0.3, -0.25) is 9.59 Å². The molecule has 6 heterocycles. The first-order valence-electron chi connectivity index (χ1n) is 30.4. The highest BCUT2D eigenvalue weighted by Crippen LogP contribution is 2.50. The van der Waals surface area contributed by atoms with Crippen LogP contribution in [-0.4, -0.2) is 34.7 Å². The van der Waals surface area contributed by atoms with Crippen molar-refractivity contribution in [2.24, 2.45) is 11.8 Å². The molecule has 6 rings (SSSR count). The van der Waals surface area contributed by atoms with Gasteiger partial charge in [0.1, 0.15) is 0 Å². The van der Waals surface area contributed by atoms with E-state index in [1.165, 1.54) is 209 Å². The minimum Gasteiger partial charge on any atom is -0.344 e. The average molecular weight is 1100 g/mol. The molecule has 0 radical (unpaired) electrons. The van der Waals surface area contributed by atoms with E-state index in [0.717, 1.165) is 46.8 Å². The Balaban J connectivity index is 0.0000104. The highest BCUT2D eigenvalue weighted by molar-refractivity contribution is 7.23. The van der Waals surface area contributed by atoms with Gasteiger partial charge in [-0.25, -0.2) is 0 Å². The quantitative estimate of drug-likeness (QED) is 0.0450. The lowest BCUT2D eigenvalue weighted by Crippen LogP contribution is -2.34. The van der Waals surface area contributed by atoms with Gasteiger partial charge in [0.15, 0.2) is 0 Å². The molecule has 9 heteroatoms. The predicted molar refractivity (Wildman–Crippen MR) is 334 cm³/mol. The van der Waals surface area contributed by atoms with E-state index in [2.05, 4.69) is 112 Å². The first kappa shape index (κ1) is 62.8. The Hall–Kier alpha value is -3.08. The third-order valence-corrected chi connectivity index (χ3v) is 20.1.